The van der Waals surface area contributed by atoms with Gasteiger partial charge in [-0.3, -0.25) is 9.36 Å². The molecule has 1 aromatic heterocycles. The molecule has 5 nitrogen and oxygen atoms in total. The molecule has 7 heteroatoms. The zero-order chi connectivity index (χ0) is 22.3. The first-order valence-corrected chi connectivity index (χ1v) is 11.2. The van der Waals surface area contributed by atoms with Crippen molar-refractivity contribution in [1.29, 1.82) is 0 Å². The first kappa shape index (κ1) is 21.8. The molecule has 4 aromatic rings. The number of hydrogen-bond acceptors (Lipinski definition) is 4. The number of benzene rings is 3. The minimum Gasteiger partial charge on any atom is -0.351 e. The molecule has 1 heterocycles. The molecule has 3 aromatic carbocycles. The van der Waals surface area contributed by atoms with E-state index < -0.39 is 0 Å². The zero-order valence-electron chi connectivity index (χ0n) is 17.6. The lowest BCUT2D eigenvalue weighted by Gasteiger charge is -2.14. The lowest BCUT2D eigenvalue weighted by molar-refractivity contribution is -0.120. The van der Waals surface area contributed by atoms with Gasteiger partial charge in [0.05, 0.1) is 11.8 Å². The molecule has 0 saturated heterocycles. The summed E-state index contributed by atoms with van der Waals surface area (Å²) >= 11 is 1.35. The molecule has 0 aliphatic carbocycles. The Morgan fingerprint density at radius 2 is 1.56 bits per heavy atom. The number of nitrogens with one attached hydrogen (secondary N) is 1. The quantitative estimate of drug-likeness (QED) is 0.390. The second-order valence-corrected chi connectivity index (χ2v) is 8.66. The van der Waals surface area contributed by atoms with Crippen LogP contribution in [0, 0.1) is 5.82 Å². The fourth-order valence-electron chi connectivity index (χ4n) is 3.24. The van der Waals surface area contributed by atoms with E-state index in [1.807, 2.05) is 72.2 Å². The van der Waals surface area contributed by atoms with E-state index in [9.17, 15) is 9.18 Å². The van der Waals surface area contributed by atoms with E-state index in [4.69, 9.17) is 0 Å². The lowest BCUT2D eigenvalue weighted by atomic mass is 10.2. The van der Waals surface area contributed by atoms with Crippen LogP contribution < -0.4 is 5.32 Å². The van der Waals surface area contributed by atoms with Crippen LogP contribution in [0.25, 0.3) is 11.4 Å². The Balaban J connectivity index is 1.54. The third kappa shape index (κ3) is 5.42. The zero-order valence-corrected chi connectivity index (χ0v) is 18.4. The standard InChI is InChI=1S/C25H23FN4OS/c1-18(24(31)27-16-19-8-4-2-5-9-19)32-25-29-28-23(21-12-14-22(26)15-13-21)30(25)17-20-10-6-3-7-11-20/h2-15,18H,16-17H2,1H3,(H,27,31). The highest BCUT2D eigenvalue weighted by Gasteiger charge is 2.21. The fraction of sp³-hybridized carbons (Fsp3) is 0.160. The van der Waals surface area contributed by atoms with Gasteiger partial charge in [-0.1, -0.05) is 72.4 Å². The van der Waals surface area contributed by atoms with Crippen molar-refractivity contribution in [3.05, 3.63) is 102 Å². The van der Waals surface area contributed by atoms with Crippen LogP contribution in [0.4, 0.5) is 4.39 Å². The Labute approximate surface area is 190 Å². The number of carbonyl (C=O) groups excluding carboxylic acids is 1. The van der Waals surface area contributed by atoms with Crippen molar-refractivity contribution in [1.82, 2.24) is 20.1 Å². The number of aromatic nitrogens is 3. The van der Waals surface area contributed by atoms with Gasteiger partial charge in [-0.25, -0.2) is 4.39 Å². The van der Waals surface area contributed by atoms with Crippen molar-refractivity contribution in [3.8, 4) is 11.4 Å². The smallest absolute Gasteiger partial charge is 0.233 e. The van der Waals surface area contributed by atoms with E-state index in [0.717, 1.165) is 16.7 Å². The van der Waals surface area contributed by atoms with Crippen molar-refractivity contribution in [2.75, 3.05) is 0 Å². The maximum Gasteiger partial charge on any atom is 0.233 e. The minimum atomic E-state index is -0.362. The van der Waals surface area contributed by atoms with Crippen LogP contribution in [0.15, 0.2) is 90.1 Å². The molecular weight excluding hydrogens is 423 g/mol. The van der Waals surface area contributed by atoms with Crippen LogP contribution in [0.3, 0.4) is 0 Å². The number of rotatable bonds is 8. The van der Waals surface area contributed by atoms with Crippen molar-refractivity contribution in [3.63, 3.8) is 0 Å². The summed E-state index contributed by atoms with van der Waals surface area (Å²) in [5.74, 6) is 0.255. The molecule has 4 rings (SSSR count). The van der Waals surface area contributed by atoms with Crippen LogP contribution in [-0.4, -0.2) is 25.9 Å². The monoisotopic (exact) mass is 446 g/mol. The van der Waals surface area contributed by atoms with E-state index in [0.29, 0.717) is 24.1 Å². The number of halogens is 1. The maximum absolute atomic E-state index is 13.4. The first-order chi connectivity index (χ1) is 15.6. The van der Waals surface area contributed by atoms with Crippen molar-refractivity contribution >= 4 is 17.7 Å². The number of hydrogen-bond donors (Lipinski definition) is 1. The van der Waals surface area contributed by atoms with E-state index in [1.165, 1.54) is 23.9 Å². The van der Waals surface area contributed by atoms with Crippen LogP contribution in [0.5, 0.6) is 0 Å². The molecule has 0 saturated carbocycles. The highest BCUT2D eigenvalue weighted by atomic mass is 32.2. The minimum absolute atomic E-state index is 0.0727. The average molecular weight is 447 g/mol. The molecule has 0 fully saturated rings. The third-order valence-electron chi connectivity index (χ3n) is 4.96. The molecule has 0 bridgehead atoms. The van der Waals surface area contributed by atoms with E-state index in [1.54, 1.807) is 12.1 Å². The fourth-order valence-corrected chi connectivity index (χ4v) is 4.11. The van der Waals surface area contributed by atoms with Crippen molar-refractivity contribution in [2.24, 2.45) is 0 Å². The van der Waals surface area contributed by atoms with Crippen molar-refractivity contribution in [2.45, 2.75) is 30.4 Å². The van der Waals surface area contributed by atoms with Crippen LogP contribution in [0.1, 0.15) is 18.1 Å². The summed E-state index contributed by atoms with van der Waals surface area (Å²) in [5, 5.41) is 12.0. The van der Waals surface area contributed by atoms with Crippen molar-refractivity contribution < 1.29 is 9.18 Å². The molecule has 1 unspecified atom stereocenters. The Morgan fingerprint density at radius 3 is 2.22 bits per heavy atom. The van der Waals surface area contributed by atoms with Gasteiger partial charge in [0.15, 0.2) is 11.0 Å². The summed E-state index contributed by atoms with van der Waals surface area (Å²) < 4.78 is 15.4. The topological polar surface area (TPSA) is 59.8 Å². The number of carbonyl (C=O) groups is 1. The summed E-state index contributed by atoms with van der Waals surface area (Å²) in [4.78, 5) is 12.7. The highest BCUT2D eigenvalue weighted by molar-refractivity contribution is 8.00. The second kappa shape index (κ2) is 10.2. The number of thioether (sulfide) groups is 1. The third-order valence-corrected chi connectivity index (χ3v) is 6.04. The summed E-state index contributed by atoms with van der Waals surface area (Å²) in [5.41, 5.74) is 2.89. The van der Waals surface area contributed by atoms with Gasteiger partial charge < -0.3 is 5.32 Å². The lowest BCUT2D eigenvalue weighted by Crippen LogP contribution is -2.30. The summed E-state index contributed by atoms with van der Waals surface area (Å²) in [6.45, 7) is 2.87. The predicted molar refractivity (Wildman–Crippen MR) is 125 cm³/mol. The van der Waals surface area contributed by atoms with Gasteiger partial charge in [0.25, 0.3) is 0 Å². The highest BCUT2D eigenvalue weighted by Crippen LogP contribution is 2.28. The molecule has 0 aliphatic rings. The molecule has 0 aliphatic heterocycles. The number of amides is 1. The van der Waals surface area contributed by atoms with Crippen LogP contribution >= 0.6 is 11.8 Å². The Morgan fingerprint density at radius 1 is 0.938 bits per heavy atom. The summed E-state index contributed by atoms with van der Waals surface area (Å²) in [6, 6.07) is 25.9. The first-order valence-electron chi connectivity index (χ1n) is 10.3. The van der Waals surface area contributed by atoms with Gasteiger partial charge >= 0.3 is 0 Å². The van der Waals surface area contributed by atoms with Crippen LogP contribution in [-0.2, 0) is 17.9 Å². The predicted octanol–water partition coefficient (Wildman–Crippen LogP) is 4.93. The SMILES string of the molecule is CC(Sc1nnc(-c2ccc(F)cc2)n1Cc1ccccc1)C(=O)NCc1ccccc1. The summed E-state index contributed by atoms with van der Waals surface area (Å²) in [7, 11) is 0. The largest absolute Gasteiger partial charge is 0.351 e. The Kier molecular flexibility index (Phi) is 6.97. The molecule has 32 heavy (non-hydrogen) atoms. The van der Waals surface area contributed by atoms with Gasteiger partial charge in [-0.05, 0) is 42.3 Å². The van der Waals surface area contributed by atoms with E-state index >= 15 is 0 Å². The summed E-state index contributed by atoms with van der Waals surface area (Å²) in [6.07, 6.45) is 0. The van der Waals surface area contributed by atoms with Gasteiger partial charge in [0.2, 0.25) is 5.91 Å². The van der Waals surface area contributed by atoms with Gasteiger partial charge in [-0.15, -0.1) is 10.2 Å². The Bertz CT molecular complexity index is 1160. The molecular formula is C25H23FN4OS. The normalized spacial score (nSPS) is 11.8. The van der Waals surface area contributed by atoms with E-state index in [-0.39, 0.29) is 17.0 Å². The average Bonchev–Trinajstić information content (AvgIpc) is 3.21. The van der Waals surface area contributed by atoms with Gasteiger partial charge in [-0.2, -0.15) is 0 Å². The number of nitrogens with zero attached hydrogens (tertiary/aromatic N) is 3. The molecule has 1 amide bonds. The molecule has 0 radical (unpaired) electrons. The molecule has 0 spiro atoms. The molecule has 162 valence electrons. The van der Waals surface area contributed by atoms with E-state index in [2.05, 4.69) is 15.5 Å². The van der Waals surface area contributed by atoms with Gasteiger partial charge in [0, 0.05) is 12.1 Å². The second-order valence-electron chi connectivity index (χ2n) is 7.35. The Hall–Kier alpha value is -3.45. The molecule has 1 atom stereocenters. The molecule has 1 N–H and O–H groups in total. The van der Waals surface area contributed by atoms with Gasteiger partial charge in [0.1, 0.15) is 5.82 Å². The maximum atomic E-state index is 13.4. The van der Waals surface area contributed by atoms with Crippen LogP contribution in [0.2, 0.25) is 0 Å².